The molecule has 0 atom stereocenters. The third kappa shape index (κ3) is 2.82. The van der Waals surface area contributed by atoms with Gasteiger partial charge in [0.25, 0.3) is 0 Å². The summed E-state index contributed by atoms with van der Waals surface area (Å²) in [6, 6.07) is 6.53. The fourth-order valence-corrected chi connectivity index (χ4v) is 1.60. The molecule has 0 aliphatic rings. The van der Waals surface area contributed by atoms with E-state index in [2.05, 4.69) is 28.5 Å². The predicted octanol–water partition coefficient (Wildman–Crippen LogP) is 1.93. The third-order valence-electron chi connectivity index (χ3n) is 2.45. The molecule has 1 aromatic heterocycles. The summed E-state index contributed by atoms with van der Waals surface area (Å²) in [5, 5.41) is 10.9. The Morgan fingerprint density at radius 3 is 2.82 bits per heavy atom. The van der Waals surface area contributed by atoms with E-state index in [4.69, 9.17) is 10.2 Å². The van der Waals surface area contributed by atoms with Gasteiger partial charge in [-0.25, -0.2) is 0 Å². The second kappa shape index (κ2) is 4.97. The van der Waals surface area contributed by atoms with Crippen molar-refractivity contribution in [3.63, 3.8) is 0 Å². The molecule has 0 bridgehead atoms. The number of aryl methyl sites for hydroxylation is 2. The Bertz CT molecular complexity index is 507. The van der Waals surface area contributed by atoms with Gasteiger partial charge in [-0.05, 0) is 25.5 Å². The van der Waals surface area contributed by atoms with Gasteiger partial charge < -0.3 is 15.5 Å². The molecule has 0 amide bonds. The lowest BCUT2D eigenvalue weighted by molar-refractivity contribution is 0.510. The molecule has 1 aromatic carbocycles. The van der Waals surface area contributed by atoms with Crippen molar-refractivity contribution in [2.45, 2.75) is 20.3 Å². The average molecular weight is 232 g/mol. The molecule has 0 fully saturated rings. The van der Waals surface area contributed by atoms with Crippen molar-refractivity contribution >= 4 is 11.7 Å². The molecule has 90 valence electrons. The Morgan fingerprint density at radius 1 is 1.29 bits per heavy atom. The van der Waals surface area contributed by atoms with Crippen LogP contribution in [0.2, 0.25) is 0 Å². The van der Waals surface area contributed by atoms with Crippen LogP contribution in [-0.2, 0) is 6.42 Å². The quantitative estimate of drug-likeness (QED) is 0.842. The van der Waals surface area contributed by atoms with Crippen molar-refractivity contribution in [2.24, 2.45) is 5.73 Å². The number of aromatic nitrogens is 2. The van der Waals surface area contributed by atoms with Crippen LogP contribution in [0.5, 0.6) is 0 Å². The maximum absolute atomic E-state index is 5.41. The lowest BCUT2D eigenvalue weighted by atomic mass is 10.1. The van der Waals surface area contributed by atoms with Gasteiger partial charge in [-0.15, -0.1) is 5.10 Å². The van der Waals surface area contributed by atoms with E-state index in [1.54, 1.807) is 0 Å². The summed E-state index contributed by atoms with van der Waals surface area (Å²) < 4.78 is 5.40. The second-order valence-corrected chi connectivity index (χ2v) is 3.98. The first-order valence-electron chi connectivity index (χ1n) is 5.56. The Labute approximate surface area is 100 Å². The minimum Gasteiger partial charge on any atom is -0.408 e. The largest absolute Gasteiger partial charge is 0.408 e. The zero-order valence-electron chi connectivity index (χ0n) is 10.0. The van der Waals surface area contributed by atoms with Crippen molar-refractivity contribution < 1.29 is 4.42 Å². The summed E-state index contributed by atoms with van der Waals surface area (Å²) in [6.45, 7) is 4.60. The van der Waals surface area contributed by atoms with E-state index < -0.39 is 0 Å². The van der Waals surface area contributed by atoms with Crippen LogP contribution in [0.1, 0.15) is 17.0 Å². The van der Waals surface area contributed by atoms with Gasteiger partial charge in [0.15, 0.2) is 0 Å². The highest BCUT2D eigenvalue weighted by atomic mass is 16.4. The van der Waals surface area contributed by atoms with Crippen molar-refractivity contribution in [1.29, 1.82) is 0 Å². The van der Waals surface area contributed by atoms with Crippen LogP contribution >= 0.6 is 0 Å². The van der Waals surface area contributed by atoms with Gasteiger partial charge in [-0.2, -0.15) is 0 Å². The summed E-state index contributed by atoms with van der Waals surface area (Å²) in [6.07, 6.45) is 0.599. The van der Waals surface area contributed by atoms with Gasteiger partial charge in [0, 0.05) is 18.7 Å². The van der Waals surface area contributed by atoms with E-state index in [0.29, 0.717) is 24.9 Å². The Morgan fingerprint density at radius 2 is 2.12 bits per heavy atom. The van der Waals surface area contributed by atoms with Crippen molar-refractivity contribution in [3.8, 4) is 0 Å². The highest BCUT2D eigenvalue weighted by Gasteiger charge is 2.06. The molecule has 2 rings (SSSR count). The normalized spacial score (nSPS) is 10.5. The number of nitrogens with two attached hydrogens (primary N) is 1. The molecule has 0 unspecified atom stereocenters. The first-order valence-corrected chi connectivity index (χ1v) is 5.56. The molecular weight excluding hydrogens is 216 g/mol. The maximum atomic E-state index is 5.41. The SMILES string of the molecule is Cc1ccc(Nc2nnc(CCN)o2)c(C)c1. The number of anilines is 2. The van der Waals surface area contributed by atoms with Crippen LogP contribution in [0, 0.1) is 13.8 Å². The zero-order chi connectivity index (χ0) is 12.3. The summed E-state index contributed by atoms with van der Waals surface area (Å²) in [4.78, 5) is 0. The maximum Gasteiger partial charge on any atom is 0.320 e. The van der Waals surface area contributed by atoms with Gasteiger partial charge in [-0.3, -0.25) is 0 Å². The number of hydrogen-bond acceptors (Lipinski definition) is 5. The molecule has 1 heterocycles. The molecule has 5 nitrogen and oxygen atoms in total. The third-order valence-corrected chi connectivity index (χ3v) is 2.45. The van der Waals surface area contributed by atoms with E-state index in [0.717, 1.165) is 11.3 Å². The number of nitrogens with zero attached hydrogens (tertiary/aromatic N) is 2. The average Bonchev–Trinajstić information content (AvgIpc) is 2.71. The van der Waals surface area contributed by atoms with E-state index in [-0.39, 0.29) is 0 Å². The number of rotatable bonds is 4. The van der Waals surface area contributed by atoms with Crippen molar-refractivity contribution in [2.75, 3.05) is 11.9 Å². The highest BCUT2D eigenvalue weighted by molar-refractivity contribution is 5.57. The Balaban J connectivity index is 2.13. The van der Waals surface area contributed by atoms with E-state index in [1.165, 1.54) is 5.56 Å². The van der Waals surface area contributed by atoms with Crippen LogP contribution in [0.3, 0.4) is 0 Å². The second-order valence-electron chi connectivity index (χ2n) is 3.98. The predicted molar refractivity (Wildman–Crippen MR) is 66.3 cm³/mol. The fraction of sp³-hybridized carbons (Fsp3) is 0.333. The lowest BCUT2D eigenvalue weighted by Crippen LogP contribution is -2.02. The molecule has 0 spiro atoms. The molecule has 2 aromatic rings. The number of nitrogens with one attached hydrogen (secondary N) is 1. The minimum atomic E-state index is 0.403. The molecule has 0 aliphatic carbocycles. The molecule has 0 saturated heterocycles. The topological polar surface area (TPSA) is 77.0 Å². The van der Waals surface area contributed by atoms with Crippen LogP contribution < -0.4 is 11.1 Å². The van der Waals surface area contributed by atoms with E-state index >= 15 is 0 Å². The highest BCUT2D eigenvalue weighted by Crippen LogP contribution is 2.20. The van der Waals surface area contributed by atoms with Crippen LogP contribution in [0.15, 0.2) is 22.6 Å². The van der Waals surface area contributed by atoms with Gasteiger partial charge in [-0.1, -0.05) is 22.8 Å². The summed E-state index contributed by atoms with van der Waals surface area (Å²) in [7, 11) is 0. The first kappa shape index (κ1) is 11.6. The minimum absolute atomic E-state index is 0.403. The molecule has 3 N–H and O–H groups in total. The molecule has 5 heteroatoms. The van der Waals surface area contributed by atoms with Gasteiger partial charge in [0.2, 0.25) is 5.89 Å². The first-order chi connectivity index (χ1) is 8.19. The zero-order valence-corrected chi connectivity index (χ0v) is 10.0. The van der Waals surface area contributed by atoms with Gasteiger partial charge in [0.1, 0.15) is 0 Å². The van der Waals surface area contributed by atoms with Crippen LogP contribution in [-0.4, -0.2) is 16.7 Å². The van der Waals surface area contributed by atoms with Crippen molar-refractivity contribution in [3.05, 3.63) is 35.2 Å². The fourth-order valence-electron chi connectivity index (χ4n) is 1.60. The smallest absolute Gasteiger partial charge is 0.320 e. The van der Waals surface area contributed by atoms with Gasteiger partial charge >= 0.3 is 6.01 Å². The molecule has 0 radical (unpaired) electrons. The molecule has 0 aliphatic heterocycles. The Hall–Kier alpha value is -1.88. The van der Waals surface area contributed by atoms with E-state index in [9.17, 15) is 0 Å². The monoisotopic (exact) mass is 232 g/mol. The van der Waals surface area contributed by atoms with E-state index in [1.807, 2.05) is 19.1 Å². The summed E-state index contributed by atoms with van der Waals surface area (Å²) in [5.41, 5.74) is 8.75. The molecular formula is C12H16N4O. The number of benzene rings is 1. The summed E-state index contributed by atoms with van der Waals surface area (Å²) in [5.74, 6) is 0.555. The standard InChI is InChI=1S/C12H16N4O/c1-8-3-4-10(9(2)7-8)14-12-16-15-11(17-12)5-6-13/h3-4,7H,5-6,13H2,1-2H3,(H,14,16). The molecule has 17 heavy (non-hydrogen) atoms. The summed E-state index contributed by atoms with van der Waals surface area (Å²) >= 11 is 0. The lowest BCUT2D eigenvalue weighted by Gasteiger charge is -2.05. The van der Waals surface area contributed by atoms with Crippen LogP contribution in [0.4, 0.5) is 11.7 Å². The van der Waals surface area contributed by atoms with Crippen molar-refractivity contribution in [1.82, 2.24) is 10.2 Å². The van der Waals surface area contributed by atoms with Crippen LogP contribution in [0.25, 0.3) is 0 Å². The molecule has 0 saturated carbocycles. The van der Waals surface area contributed by atoms with Gasteiger partial charge in [0.05, 0.1) is 0 Å². The Kier molecular flexibility index (Phi) is 3.39. The number of hydrogen-bond donors (Lipinski definition) is 2.